The van der Waals surface area contributed by atoms with E-state index < -0.39 is 5.60 Å². The highest BCUT2D eigenvalue weighted by Crippen LogP contribution is 2.54. The van der Waals surface area contributed by atoms with Crippen molar-refractivity contribution in [1.29, 1.82) is 0 Å². The number of benzene rings is 2. The van der Waals surface area contributed by atoms with Crippen LogP contribution in [0, 0.1) is 5.92 Å². The fourth-order valence-corrected chi connectivity index (χ4v) is 5.84. The van der Waals surface area contributed by atoms with Crippen LogP contribution in [0.25, 0.3) is 0 Å². The summed E-state index contributed by atoms with van der Waals surface area (Å²) in [5.74, 6) is 0.0984. The SMILES string of the molecule is CCCOC[C@@]1(O)CC[C@@]2(Cc3ccccc3)c3ccc(C(=O)OC)cc3CC[C@@H]2C1. The van der Waals surface area contributed by atoms with Crippen molar-refractivity contribution in [3.8, 4) is 0 Å². The number of carbonyl (C=O) groups is 1. The van der Waals surface area contributed by atoms with E-state index in [1.807, 2.05) is 12.1 Å². The molecule has 1 N–H and O–H groups in total. The Hall–Kier alpha value is -2.17. The van der Waals surface area contributed by atoms with E-state index >= 15 is 0 Å². The van der Waals surface area contributed by atoms with Crippen LogP contribution >= 0.6 is 0 Å². The van der Waals surface area contributed by atoms with Gasteiger partial charge in [0.05, 0.1) is 24.9 Å². The Morgan fingerprint density at radius 1 is 1.16 bits per heavy atom. The van der Waals surface area contributed by atoms with Crippen LogP contribution in [0.1, 0.15) is 66.1 Å². The average molecular weight is 423 g/mol. The highest BCUT2D eigenvalue weighted by atomic mass is 16.5. The van der Waals surface area contributed by atoms with Gasteiger partial charge in [-0.15, -0.1) is 0 Å². The van der Waals surface area contributed by atoms with E-state index in [-0.39, 0.29) is 11.4 Å². The van der Waals surface area contributed by atoms with Gasteiger partial charge >= 0.3 is 5.97 Å². The van der Waals surface area contributed by atoms with Gasteiger partial charge in [-0.25, -0.2) is 4.79 Å². The molecule has 0 spiro atoms. The number of methoxy groups -OCH3 is 1. The van der Waals surface area contributed by atoms with Crippen molar-refractivity contribution in [1.82, 2.24) is 0 Å². The Balaban J connectivity index is 1.69. The van der Waals surface area contributed by atoms with Gasteiger partial charge in [0.25, 0.3) is 0 Å². The average Bonchev–Trinajstić information content (AvgIpc) is 2.79. The zero-order valence-electron chi connectivity index (χ0n) is 18.7. The molecule has 4 heteroatoms. The Labute approximate surface area is 185 Å². The van der Waals surface area contributed by atoms with Crippen LogP contribution < -0.4 is 0 Å². The highest BCUT2D eigenvalue weighted by molar-refractivity contribution is 5.89. The molecule has 1 fully saturated rings. The topological polar surface area (TPSA) is 55.8 Å². The molecule has 0 aliphatic heterocycles. The number of esters is 1. The summed E-state index contributed by atoms with van der Waals surface area (Å²) in [5, 5.41) is 11.3. The van der Waals surface area contributed by atoms with E-state index in [0.29, 0.717) is 24.7 Å². The largest absolute Gasteiger partial charge is 0.465 e. The van der Waals surface area contributed by atoms with Crippen molar-refractivity contribution in [2.45, 2.75) is 62.9 Å². The van der Waals surface area contributed by atoms with Crippen molar-refractivity contribution in [3.05, 3.63) is 70.8 Å². The van der Waals surface area contributed by atoms with Crippen molar-refractivity contribution in [2.75, 3.05) is 20.3 Å². The molecule has 2 aliphatic rings. The monoisotopic (exact) mass is 422 g/mol. The summed E-state index contributed by atoms with van der Waals surface area (Å²) in [6.45, 7) is 3.21. The maximum absolute atomic E-state index is 12.1. The Bertz CT molecular complexity index is 909. The molecule has 3 atom stereocenters. The van der Waals surface area contributed by atoms with E-state index in [9.17, 15) is 9.90 Å². The smallest absolute Gasteiger partial charge is 0.337 e. The van der Waals surface area contributed by atoms with E-state index in [1.165, 1.54) is 23.8 Å². The molecule has 0 aromatic heterocycles. The second-order valence-corrected chi connectivity index (χ2v) is 9.40. The summed E-state index contributed by atoms with van der Waals surface area (Å²) in [4.78, 5) is 12.1. The molecule has 0 radical (unpaired) electrons. The minimum Gasteiger partial charge on any atom is -0.465 e. The van der Waals surface area contributed by atoms with Gasteiger partial charge in [-0.05, 0) is 79.7 Å². The molecule has 2 aromatic carbocycles. The molecule has 4 rings (SSSR count). The van der Waals surface area contributed by atoms with Crippen LogP contribution in [-0.4, -0.2) is 37.0 Å². The van der Waals surface area contributed by atoms with Gasteiger partial charge in [-0.2, -0.15) is 0 Å². The minimum atomic E-state index is -0.747. The fraction of sp³-hybridized carbons (Fsp3) is 0.519. The van der Waals surface area contributed by atoms with Crippen molar-refractivity contribution in [2.24, 2.45) is 5.92 Å². The fourth-order valence-electron chi connectivity index (χ4n) is 5.84. The van der Waals surface area contributed by atoms with Crippen LogP contribution in [0.2, 0.25) is 0 Å². The van der Waals surface area contributed by atoms with Crippen molar-refractivity contribution in [3.63, 3.8) is 0 Å². The van der Waals surface area contributed by atoms with Gasteiger partial charge in [0, 0.05) is 12.0 Å². The van der Waals surface area contributed by atoms with Crippen LogP contribution in [0.15, 0.2) is 48.5 Å². The van der Waals surface area contributed by atoms with Crippen LogP contribution in [0.4, 0.5) is 0 Å². The molecule has 0 unspecified atom stereocenters. The first-order valence-corrected chi connectivity index (χ1v) is 11.6. The lowest BCUT2D eigenvalue weighted by atomic mass is 9.52. The molecule has 31 heavy (non-hydrogen) atoms. The summed E-state index contributed by atoms with van der Waals surface area (Å²) in [7, 11) is 1.43. The molecule has 4 nitrogen and oxygen atoms in total. The van der Waals surface area contributed by atoms with Crippen LogP contribution in [0.3, 0.4) is 0 Å². The normalized spacial score (nSPS) is 27.3. The molecule has 2 aromatic rings. The maximum atomic E-state index is 12.1. The van der Waals surface area contributed by atoms with Gasteiger partial charge in [-0.1, -0.05) is 43.3 Å². The van der Waals surface area contributed by atoms with Gasteiger partial charge < -0.3 is 14.6 Å². The molecule has 0 heterocycles. The zero-order chi connectivity index (χ0) is 21.9. The first-order valence-electron chi connectivity index (χ1n) is 11.6. The minimum absolute atomic E-state index is 0.0272. The standard InChI is InChI=1S/C27H34O4/c1-3-15-31-19-26(29)13-14-27(17-20-7-5-4-6-8-20)23(18-26)11-9-21-16-22(25(28)30-2)10-12-24(21)27/h4-8,10,12,16,23,29H,3,9,11,13-15,17-19H2,1-2H3/t23-,26-,27+/m1/s1. The van der Waals surface area contributed by atoms with Crippen molar-refractivity contribution < 1.29 is 19.4 Å². The molecular formula is C27H34O4. The van der Waals surface area contributed by atoms with Gasteiger partial charge in [0.2, 0.25) is 0 Å². The maximum Gasteiger partial charge on any atom is 0.337 e. The second-order valence-electron chi connectivity index (χ2n) is 9.40. The third-order valence-electron chi connectivity index (χ3n) is 7.35. The molecule has 1 saturated carbocycles. The zero-order valence-corrected chi connectivity index (χ0v) is 18.7. The van der Waals surface area contributed by atoms with E-state index in [0.717, 1.165) is 44.9 Å². The number of aliphatic hydroxyl groups is 1. The number of ether oxygens (including phenoxy) is 2. The Morgan fingerprint density at radius 3 is 2.71 bits per heavy atom. The second kappa shape index (κ2) is 9.13. The molecular weight excluding hydrogens is 388 g/mol. The number of rotatable bonds is 7. The number of hydrogen-bond acceptors (Lipinski definition) is 4. The lowest BCUT2D eigenvalue weighted by Gasteiger charge is -2.53. The van der Waals surface area contributed by atoms with E-state index in [2.05, 4.69) is 43.3 Å². The quantitative estimate of drug-likeness (QED) is 0.512. The molecule has 0 saturated heterocycles. The highest BCUT2D eigenvalue weighted by Gasteiger charge is 2.51. The molecule has 2 aliphatic carbocycles. The molecule has 166 valence electrons. The predicted octanol–water partition coefficient (Wildman–Crippen LogP) is 4.86. The van der Waals surface area contributed by atoms with Crippen molar-refractivity contribution >= 4 is 5.97 Å². The van der Waals surface area contributed by atoms with Gasteiger partial charge in [0.15, 0.2) is 0 Å². The number of aryl methyl sites for hydroxylation is 1. The number of fused-ring (bicyclic) bond motifs is 3. The van der Waals surface area contributed by atoms with E-state index in [1.54, 1.807) is 0 Å². The number of hydrogen-bond donors (Lipinski definition) is 1. The Morgan fingerprint density at radius 2 is 1.97 bits per heavy atom. The Kier molecular flexibility index (Phi) is 6.49. The van der Waals surface area contributed by atoms with Crippen LogP contribution in [0.5, 0.6) is 0 Å². The van der Waals surface area contributed by atoms with Crippen LogP contribution in [-0.2, 0) is 27.7 Å². The summed E-state index contributed by atoms with van der Waals surface area (Å²) in [5.41, 5.74) is 3.77. The first-order chi connectivity index (χ1) is 15.0. The number of carbonyl (C=O) groups excluding carboxylic acids is 1. The first kappa shape index (κ1) is 22.0. The van der Waals surface area contributed by atoms with E-state index in [4.69, 9.17) is 9.47 Å². The summed E-state index contributed by atoms with van der Waals surface area (Å²) in [6.07, 6.45) is 6.28. The third kappa shape index (κ3) is 4.42. The molecule has 0 amide bonds. The third-order valence-corrected chi connectivity index (χ3v) is 7.35. The van der Waals surface area contributed by atoms with Gasteiger partial charge in [0.1, 0.15) is 0 Å². The lowest BCUT2D eigenvalue weighted by molar-refractivity contribution is -0.101. The van der Waals surface area contributed by atoms with Gasteiger partial charge in [-0.3, -0.25) is 0 Å². The summed E-state index contributed by atoms with van der Waals surface area (Å²) in [6, 6.07) is 16.7. The lowest BCUT2D eigenvalue weighted by Crippen LogP contribution is -2.52. The summed E-state index contributed by atoms with van der Waals surface area (Å²) >= 11 is 0. The molecule has 0 bridgehead atoms. The predicted molar refractivity (Wildman–Crippen MR) is 121 cm³/mol. The summed E-state index contributed by atoms with van der Waals surface area (Å²) < 4.78 is 10.7.